The van der Waals surface area contributed by atoms with E-state index >= 15 is 0 Å². The lowest BCUT2D eigenvalue weighted by atomic mass is 9.96. The number of nitrogens with zero attached hydrogens (tertiary/aromatic N) is 6. The Kier molecular flexibility index (Phi) is 3.23. The van der Waals surface area contributed by atoms with Crippen LogP contribution < -0.4 is 4.90 Å². The molecule has 1 saturated heterocycles. The minimum absolute atomic E-state index is 0.00350. The summed E-state index contributed by atoms with van der Waals surface area (Å²) >= 11 is 0. The van der Waals surface area contributed by atoms with Gasteiger partial charge in [-0.3, -0.25) is 4.79 Å². The van der Waals surface area contributed by atoms with Crippen molar-refractivity contribution < 1.29 is 4.79 Å². The third-order valence-corrected chi connectivity index (χ3v) is 4.55. The smallest absolute Gasteiger partial charge is 0.229 e. The van der Waals surface area contributed by atoms with Gasteiger partial charge in [0.05, 0.1) is 23.7 Å². The van der Waals surface area contributed by atoms with Crippen LogP contribution in [0.25, 0.3) is 0 Å². The lowest BCUT2D eigenvalue weighted by Crippen LogP contribution is -2.55. The maximum atomic E-state index is 12.6. The normalized spacial score (nSPS) is 17.3. The molecule has 7 heteroatoms. The first-order valence-electron chi connectivity index (χ1n) is 7.66. The number of para-hydroxylation sites is 1. The van der Waals surface area contributed by atoms with Crippen molar-refractivity contribution in [2.45, 2.75) is 13.1 Å². The summed E-state index contributed by atoms with van der Waals surface area (Å²) in [6, 6.07) is 9.72. The fourth-order valence-electron chi connectivity index (χ4n) is 3.19. The van der Waals surface area contributed by atoms with Crippen molar-refractivity contribution in [2.24, 2.45) is 5.92 Å². The van der Waals surface area contributed by atoms with Gasteiger partial charge in [0.15, 0.2) is 5.82 Å². The van der Waals surface area contributed by atoms with Crippen LogP contribution in [0, 0.1) is 17.2 Å². The Labute approximate surface area is 133 Å². The van der Waals surface area contributed by atoms with Crippen molar-refractivity contribution in [3.05, 3.63) is 42.0 Å². The second kappa shape index (κ2) is 5.39. The number of aromatic nitrogens is 3. The van der Waals surface area contributed by atoms with Gasteiger partial charge in [-0.2, -0.15) is 5.26 Å². The summed E-state index contributed by atoms with van der Waals surface area (Å²) in [4.78, 5) is 16.6. The van der Waals surface area contributed by atoms with E-state index in [2.05, 4.69) is 21.2 Å². The van der Waals surface area contributed by atoms with Crippen LogP contribution in [0.2, 0.25) is 0 Å². The van der Waals surface area contributed by atoms with E-state index in [0.29, 0.717) is 31.7 Å². The predicted molar refractivity (Wildman–Crippen MR) is 82.3 cm³/mol. The summed E-state index contributed by atoms with van der Waals surface area (Å²) in [6.07, 6.45) is 1.71. The van der Waals surface area contributed by atoms with Gasteiger partial charge in [0.2, 0.25) is 5.91 Å². The third kappa shape index (κ3) is 2.32. The highest BCUT2D eigenvalue weighted by molar-refractivity contribution is 5.82. The topological polar surface area (TPSA) is 78.0 Å². The van der Waals surface area contributed by atoms with Gasteiger partial charge in [0, 0.05) is 26.2 Å². The van der Waals surface area contributed by atoms with Crippen molar-refractivity contribution >= 4 is 11.6 Å². The maximum Gasteiger partial charge on any atom is 0.229 e. The molecule has 2 aliphatic rings. The zero-order chi connectivity index (χ0) is 15.8. The Bertz CT molecular complexity index is 786. The molecule has 0 unspecified atom stereocenters. The molecule has 1 aromatic heterocycles. The van der Waals surface area contributed by atoms with Crippen LogP contribution in [0.4, 0.5) is 5.69 Å². The van der Waals surface area contributed by atoms with E-state index in [4.69, 9.17) is 0 Å². The quantitative estimate of drug-likeness (QED) is 0.813. The highest BCUT2D eigenvalue weighted by Crippen LogP contribution is 2.29. The van der Waals surface area contributed by atoms with Crippen LogP contribution >= 0.6 is 0 Å². The number of rotatable bonds is 2. The Morgan fingerprint density at radius 2 is 2.09 bits per heavy atom. The van der Waals surface area contributed by atoms with Crippen LogP contribution in [0.3, 0.4) is 0 Å². The van der Waals surface area contributed by atoms with Crippen LogP contribution in [-0.2, 0) is 17.9 Å². The number of hydrogen-bond acceptors (Lipinski definition) is 5. The molecule has 1 fully saturated rings. The van der Waals surface area contributed by atoms with E-state index in [1.54, 1.807) is 6.33 Å². The number of fused-ring (bicyclic) bond motifs is 1. The van der Waals surface area contributed by atoms with E-state index < -0.39 is 0 Å². The summed E-state index contributed by atoms with van der Waals surface area (Å²) in [7, 11) is 0. The number of anilines is 1. The van der Waals surface area contributed by atoms with Crippen LogP contribution in [0.1, 0.15) is 11.4 Å². The Morgan fingerprint density at radius 3 is 2.91 bits per heavy atom. The van der Waals surface area contributed by atoms with Crippen molar-refractivity contribution in [2.75, 3.05) is 24.5 Å². The van der Waals surface area contributed by atoms with Gasteiger partial charge in [-0.05, 0) is 12.1 Å². The second-order valence-corrected chi connectivity index (χ2v) is 5.93. The lowest BCUT2D eigenvalue weighted by Gasteiger charge is -2.43. The first-order chi connectivity index (χ1) is 11.3. The summed E-state index contributed by atoms with van der Waals surface area (Å²) in [6.45, 7) is 3.32. The third-order valence-electron chi connectivity index (χ3n) is 4.55. The summed E-state index contributed by atoms with van der Waals surface area (Å²) in [5.41, 5.74) is 1.57. The molecular weight excluding hydrogens is 292 g/mol. The zero-order valence-corrected chi connectivity index (χ0v) is 12.6. The SMILES string of the molecule is N#Cc1ccccc1N1CC(C(=O)N2CCn3cnnc3C2)C1. The Hall–Kier alpha value is -2.88. The molecule has 3 heterocycles. The molecule has 2 aliphatic heterocycles. The number of benzene rings is 1. The molecule has 2 aromatic rings. The van der Waals surface area contributed by atoms with Crippen molar-refractivity contribution in [1.82, 2.24) is 19.7 Å². The Morgan fingerprint density at radius 1 is 1.26 bits per heavy atom. The highest BCUT2D eigenvalue weighted by atomic mass is 16.2. The van der Waals surface area contributed by atoms with Crippen LogP contribution in [-0.4, -0.2) is 45.2 Å². The van der Waals surface area contributed by atoms with Gasteiger partial charge >= 0.3 is 0 Å². The van der Waals surface area contributed by atoms with E-state index in [-0.39, 0.29) is 11.8 Å². The molecule has 23 heavy (non-hydrogen) atoms. The molecule has 0 N–H and O–H groups in total. The molecule has 0 spiro atoms. The summed E-state index contributed by atoms with van der Waals surface area (Å²) < 4.78 is 1.99. The zero-order valence-electron chi connectivity index (χ0n) is 12.6. The molecule has 1 aromatic carbocycles. The second-order valence-electron chi connectivity index (χ2n) is 5.93. The Balaban J connectivity index is 1.41. The van der Waals surface area contributed by atoms with Crippen molar-refractivity contribution in [1.29, 1.82) is 5.26 Å². The van der Waals surface area contributed by atoms with E-state index in [9.17, 15) is 10.1 Å². The van der Waals surface area contributed by atoms with Gasteiger partial charge in [-0.1, -0.05) is 12.1 Å². The average molecular weight is 308 g/mol. The average Bonchev–Trinajstić information content (AvgIpc) is 3.01. The van der Waals surface area contributed by atoms with E-state index in [0.717, 1.165) is 18.1 Å². The molecular formula is C16H16N6O. The standard InChI is InChI=1S/C16H16N6O/c17-7-12-3-1-2-4-14(12)22-8-13(9-22)16(23)20-5-6-21-11-18-19-15(21)10-20/h1-4,11,13H,5-6,8-10H2. The van der Waals surface area contributed by atoms with Gasteiger partial charge in [0.1, 0.15) is 12.4 Å². The van der Waals surface area contributed by atoms with Crippen LogP contribution in [0.15, 0.2) is 30.6 Å². The molecule has 0 atom stereocenters. The van der Waals surface area contributed by atoms with Crippen LogP contribution in [0.5, 0.6) is 0 Å². The highest BCUT2D eigenvalue weighted by Gasteiger charge is 2.37. The lowest BCUT2D eigenvalue weighted by molar-refractivity contribution is -0.137. The van der Waals surface area contributed by atoms with Crippen molar-refractivity contribution in [3.8, 4) is 6.07 Å². The molecule has 7 nitrogen and oxygen atoms in total. The summed E-state index contributed by atoms with van der Waals surface area (Å²) in [5.74, 6) is 1.01. The monoisotopic (exact) mass is 308 g/mol. The molecule has 116 valence electrons. The van der Waals surface area contributed by atoms with E-state index in [1.165, 1.54) is 0 Å². The minimum Gasteiger partial charge on any atom is -0.369 e. The molecule has 0 aliphatic carbocycles. The van der Waals surface area contributed by atoms with Gasteiger partial charge in [0.25, 0.3) is 0 Å². The number of carbonyl (C=O) groups is 1. The van der Waals surface area contributed by atoms with Gasteiger partial charge in [-0.25, -0.2) is 0 Å². The van der Waals surface area contributed by atoms with E-state index in [1.807, 2.05) is 33.7 Å². The number of hydrogen-bond donors (Lipinski definition) is 0. The molecule has 1 amide bonds. The predicted octanol–water partition coefficient (Wildman–Crippen LogP) is 0.628. The first-order valence-corrected chi connectivity index (χ1v) is 7.66. The minimum atomic E-state index is -0.00350. The molecule has 0 bridgehead atoms. The molecule has 0 saturated carbocycles. The maximum absolute atomic E-state index is 12.6. The molecule has 0 radical (unpaired) electrons. The number of amides is 1. The first kappa shape index (κ1) is 13.8. The van der Waals surface area contributed by atoms with Gasteiger partial charge in [-0.15, -0.1) is 10.2 Å². The number of nitriles is 1. The summed E-state index contributed by atoms with van der Waals surface area (Å²) in [5, 5.41) is 17.1. The largest absolute Gasteiger partial charge is 0.369 e. The van der Waals surface area contributed by atoms with Gasteiger partial charge < -0.3 is 14.4 Å². The number of carbonyl (C=O) groups excluding carboxylic acids is 1. The fraction of sp³-hybridized carbons (Fsp3) is 0.375. The fourth-order valence-corrected chi connectivity index (χ4v) is 3.19. The molecule has 4 rings (SSSR count). The van der Waals surface area contributed by atoms with Crippen molar-refractivity contribution in [3.63, 3.8) is 0 Å².